The number of nitrogens with zero attached hydrogens (tertiary/aromatic N) is 3. The van der Waals surface area contributed by atoms with Crippen molar-refractivity contribution < 1.29 is 22.5 Å². The summed E-state index contributed by atoms with van der Waals surface area (Å²) in [6, 6.07) is 14.5. The highest BCUT2D eigenvalue weighted by atomic mass is 19.4. The smallest absolute Gasteiger partial charge is 0.334 e. The van der Waals surface area contributed by atoms with Crippen LogP contribution in [-0.4, -0.2) is 20.6 Å². The molecule has 0 fully saturated rings. The molecule has 0 aliphatic rings. The number of halogens is 3. The maximum atomic E-state index is 12.9. The lowest BCUT2D eigenvalue weighted by atomic mass is 10.1. The molecule has 0 bridgehead atoms. The fourth-order valence-electron chi connectivity index (χ4n) is 3.15. The van der Waals surface area contributed by atoms with Crippen LogP contribution in [0.3, 0.4) is 0 Å². The van der Waals surface area contributed by atoms with Gasteiger partial charge in [-0.3, -0.25) is 9.59 Å². The summed E-state index contributed by atoms with van der Waals surface area (Å²) >= 11 is 0. The molecular weight excluding hydrogens is 437 g/mol. The summed E-state index contributed by atoms with van der Waals surface area (Å²) in [6.07, 6.45) is -3.16. The van der Waals surface area contributed by atoms with Gasteiger partial charge in [-0.15, -0.1) is 0 Å². The molecule has 1 amide bonds. The summed E-state index contributed by atoms with van der Waals surface area (Å²) in [6.45, 7) is 1.52. The van der Waals surface area contributed by atoms with Crippen molar-refractivity contribution in [1.29, 1.82) is 0 Å². The second-order valence-electron chi connectivity index (χ2n) is 7.30. The Morgan fingerprint density at radius 1 is 1.06 bits per heavy atom. The number of hydrogen-bond donors (Lipinski definition) is 1. The average Bonchev–Trinajstić information content (AvgIpc) is 3.25. The number of benzene rings is 2. The van der Waals surface area contributed by atoms with Crippen molar-refractivity contribution in [3.05, 3.63) is 88.3 Å². The second-order valence-corrected chi connectivity index (χ2v) is 7.30. The van der Waals surface area contributed by atoms with Gasteiger partial charge in [0.2, 0.25) is 11.7 Å². The minimum atomic E-state index is -4.53. The molecule has 168 valence electrons. The lowest BCUT2D eigenvalue weighted by molar-refractivity contribution is -0.137. The predicted molar refractivity (Wildman–Crippen MR) is 114 cm³/mol. The van der Waals surface area contributed by atoms with E-state index in [9.17, 15) is 22.8 Å². The topological polar surface area (TPSA) is 90.0 Å². The molecule has 1 N–H and O–H groups in total. The lowest BCUT2D eigenvalue weighted by Crippen LogP contribution is -2.27. The fourth-order valence-corrected chi connectivity index (χ4v) is 3.15. The van der Waals surface area contributed by atoms with Gasteiger partial charge in [-0.1, -0.05) is 35.0 Å². The minimum absolute atomic E-state index is 0.0290. The zero-order valence-electron chi connectivity index (χ0n) is 17.3. The summed E-state index contributed by atoms with van der Waals surface area (Å²) < 4.78 is 45.0. The Morgan fingerprint density at radius 2 is 1.85 bits per heavy atom. The van der Waals surface area contributed by atoms with Gasteiger partial charge in [-0.25, -0.2) is 0 Å². The molecule has 0 unspecified atom stereocenters. The van der Waals surface area contributed by atoms with Crippen LogP contribution in [0.2, 0.25) is 0 Å². The van der Waals surface area contributed by atoms with E-state index in [0.29, 0.717) is 11.4 Å². The van der Waals surface area contributed by atoms with Crippen molar-refractivity contribution in [3.8, 4) is 22.8 Å². The Kier molecular flexibility index (Phi) is 5.82. The largest absolute Gasteiger partial charge is 0.416 e. The first-order valence-electron chi connectivity index (χ1n) is 9.78. The first-order chi connectivity index (χ1) is 15.7. The van der Waals surface area contributed by atoms with E-state index in [4.69, 9.17) is 4.52 Å². The molecule has 2 aromatic heterocycles. The van der Waals surface area contributed by atoms with Crippen LogP contribution in [0.25, 0.3) is 22.8 Å². The minimum Gasteiger partial charge on any atom is -0.334 e. The van der Waals surface area contributed by atoms with E-state index in [1.165, 1.54) is 30.5 Å². The van der Waals surface area contributed by atoms with Gasteiger partial charge in [-0.2, -0.15) is 18.2 Å². The van der Waals surface area contributed by atoms with Gasteiger partial charge in [-0.05, 0) is 37.3 Å². The van der Waals surface area contributed by atoms with Gasteiger partial charge in [0.25, 0.3) is 11.4 Å². The molecular formula is C23H17F3N4O3. The van der Waals surface area contributed by atoms with Crippen molar-refractivity contribution in [2.45, 2.75) is 19.6 Å². The van der Waals surface area contributed by atoms with Crippen LogP contribution >= 0.6 is 0 Å². The third kappa shape index (κ3) is 5.17. The van der Waals surface area contributed by atoms with E-state index in [2.05, 4.69) is 15.5 Å². The van der Waals surface area contributed by atoms with Gasteiger partial charge in [0.15, 0.2) is 0 Å². The standard InChI is InChI=1S/C23H17F3N4O3/c1-14-4-2-5-15(10-14)21-28-22(33-29-21)16-8-9-20(32)30(12-16)13-19(31)27-18-7-3-6-17(11-18)23(24,25)26/h2-12H,13H2,1H3,(H,27,31). The highest BCUT2D eigenvalue weighted by Crippen LogP contribution is 2.30. The molecule has 0 saturated heterocycles. The normalized spacial score (nSPS) is 11.4. The molecule has 0 saturated carbocycles. The van der Waals surface area contributed by atoms with Crippen LogP contribution in [0, 0.1) is 6.92 Å². The molecule has 4 rings (SSSR count). The number of anilines is 1. The first-order valence-corrected chi connectivity index (χ1v) is 9.78. The number of carbonyl (C=O) groups is 1. The third-order valence-corrected chi connectivity index (χ3v) is 4.72. The van der Waals surface area contributed by atoms with Crippen molar-refractivity contribution in [2.75, 3.05) is 5.32 Å². The van der Waals surface area contributed by atoms with Crippen molar-refractivity contribution in [3.63, 3.8) is 0 Å². The number of rotatable bonds is 5. The highest BCUT2D eigenvalue weighted by molar-refractivity contribution is 5.90. The van der Waals surface area contributed by atoms with Crippen LogP contribution in [0.15, 0.2) is 76.2 Å². The van der Waals surface area contributed by atoms with E-state index in [1.54, 1.807) is 0 Å². The Labute approximate surface area is 185 Å². The Morgan fingerprint density at radius 3 is 2.61 bits per heavy atom. The van der Waals surface area contributed by atoms with Gasteiger partial charge in [0.05, 0.1) is 11.1 Å². The SMILES string of the molecule is Cc1cccc(-c2noc(-c3ccc(=O)n(CC(=O)Nc4cccc(C(F)(F)F)c4)c3)n2)c1. The predicted octanol–water partition coefficient (Wildman–Crippen LogP) is 4.53. The molecule has 0 aliphatic heterocycles. The Hall–Kier alpha value is -4.21. The van der Waals surface area contributed by atoms with Gasteiger partial charge in [0.1, 0.15) is 6.54 Å². The Balaban J connectivity index is 1.53. The molecule has 0 spiro atoms. The number of hydrogen-bond acceptors (Lipinski definition) is 5. The van der Waals surface area contributed by atoms with Crippen LogP contribution in [0.4, 0.5) is 18.9 Å². The number of nitrogens with one attached hydrogen (secondary N) is 1. The van der Waals surface area contributed by atoms with Crippen LogP contribution in [0.1, 0.15) is 11.1 Å². The zero-order valence-corrected chi connectivity index (χ0v) is 17.3. The molecule has 33 heavy (non-hydrogen) atoms. The number of amides is 1. The van der Waals surface area contributed by atoms with E-state index in [1.807, 2.05) is 31.2 Å². The molecule has 4 aromatic rings. The van der Waals surface area contributed by atoms with Crippen LogP contribution in [-0.2, 0) is 17.5 Å². The number of carbonyl (C=O) groups excluding carboxylic acids is 1. The van der Waals surface area contributed by atoms with Crippen LogP contribution < -0.4 is 10.9 Å². The van der Waals surface area contributed by atoms with E-state index in [0.717, 1.165) is 27.8 Å². The third-order valence-electron chi connectivity index (χ3n) is 4.72. The second kappa shape index (κ2) is 8.73. The van der Waals surface area contributed by atoms with Crippen molar-refractivity contribution in [1.82, 2.24) is 14.7 Å². The number of pyridine rings is 1. The maximum Gasteiger partial charge on any atom is 0.416 e. The summed E-state index contributed by atoms with van der Waals surface area (Å²) in [5, 5.41) is 6.33. The van der Waals surface area contributed by atoms with Crippen LogP contribution in [0.5, 0.6) is 0 Å². The van der Waals surface area contributed by atoms with Crippen molar-refractivity contribution >= 4 is 11.6 Å². The monoisotopic (exact) mass is 454 g/mol. The molecule has 10 heteroatoms. The zero-order chi connectivity index (χ0) is 23.6. The summed E-state index contributed by atoms with van der Waals surface area (Å²) in [5.41, 5.74) is 0.807. The number of aryl methyl sites for hydroxylation is 1. The van der Waals surface area contributed by atoms with E-state index < -0.39 is 29.8 Å². The number of alkyl halides is 3. The quantitative estimate of drug-likeness (QED) is 0.479. The van der Waals surface area contributed by atoms with Gasteiger partial charge in [0, 0.05) is 23.5 Å². The molecule has 2 heterocycles. The summed E-state index contributed by atoms with van der Waals surface area (Å²) in [5.74, 6) is -0.146. The number of aromatic nitrogens is 3. The van der Waals surface area contributed by atoms with Gasteiger partial charge >= 0.3 is 6.18 Å². The molecule has 0 radical (unpaired) electrons. The average molecular weight is 454 g/mol. The van der Waals surface area contributed by atoms with E-state index >= 15 is 0 Å². The summed E-state index contributed by atoms with van der Waals surface area (Å²) in [7, 11) is 0. The first kappa shape index (κ1) is 22.0. The van der Waals surface area contributed by atoms with Gasteiger partial charge < -0.3 is 14.4 Å². The molecule has 7 nitrogen and oxygen atoms in total. The molecule has 0 atom stereocenters. The highest BCUT2D eigenvalue weighted by Gasteiger charge is 2.30. The molecule has 2 aromatic carbocycles. The van der Waals surface area contributed by atoms with Crippen molar-refractivity contribution in [2.24, 2.45) is 0 Å². The Bertz CT molecular complexity index is 1380. The molecule has 0 aliphatic carbocycles. The lowest BCUT2D eigenvalue weighted by Gasteiger charge is -2.11. The fraction of sp³-hybridized carbons (Fsp3) is 0.130. The van der Waals surface area contributed by atoms with E-state index in [-0.39, 0.29) is 11.6 Å². The summed E-state index contributed by atoms with van der Waals surface area (Å²) in [4.78, 5) is 28.9. The maximum absolute atomic E-state index is 12.9.